The summed E-state index contributed by atoms with van der Waals surface area (Å²) in [7, 11) is 0. The number of hydrogen-bond donors (Lipinski definition) is 1. The first-order chi connectivity index (χ1) is 13.6. The molecule has 1 N–H and O–H groups in total. The first-order valence-corrected chi connectivity index (χ1v) is 11.1. The van der Waals surface area contributed by atoms with Crippen molar-refractivity contribution in [2.45, 2.75) is 51.0 Å². The molecule has 2 saturated heterocycles. The van der Waals surface area contributed by atoms with Crippen LogP contribution in [0.3, 0.4) is 0 Å². The molecule has 4 rings (SSSR count). The van der Waals surface area contributed by atoms with Crippen LogP contribution in [0.15, 0.2) is 27.7 Å². The number of aromatic nitrogens is 2. The van der Waals surface area contributed by atoms with Gasteiger partial charge in [-0.1, -0.05) is 0 Å². The van der Waals surface area contributed by atoms with Crippen molar-refractivity contribution in [1.29, 1.82) is 0 Å². The maximum atomic E-state index is 12.3. The summed E-state index contributed by atoms with van der Waals surface area (Å²) in [5, 5.41) is 4.34. The van der Waals surface area contributed by atoms with E-state index in [2.05, 4.69) is 26.7 Å². The SMILES string of the molecule is CC(=O)N1CCCC(c2cc(=O)[nH]c(C3CCN(Cc4ccsc4)CC3)n2)C1. The summed E-state index contributed by atoms with van der Waals surface area (Å²) in [6.07, 6.45) is 3.98. The number of hydrogen-bond acceptors (Lipinski definition) is 5. The smallest absolute Gasteiger partial charge is 0.251 e. The molecule has 0 aliphatic carbocycles. The minimum atomic E-state index is -0.0688. The third-order valence-corrected chi connectivity index (χ3v) is 6.76. The van der Waals surface area contributed by atoms with Gasteiger partial charge < -0.3 is 9.88 Å². The minimum Gasteiger partial charge on any atom is -0.342 e. The predicted molar refractivity (Wildman–Crippen MR) is 111 cm³/mol. The lowest BCUT2D eigenvalue weighted by molar-refractivity contribution is -0.130. The van der Waals surface area contributed by atoms with Gasteiger partial charge in [-0.15, -0.1) is 0 Å². The van der Waals surface area contributed by atoms with E-state index >= 15 is 0 Å². The van der Waals surface area contributed by atoms with Crippen LogP contribution < -0.4 is 5.56 Å². The molecule has 2 aliphatic rings. The van der Waals surface area contributed by atoms with Crippen molar-refractivity contribution in [3.63, 3.8) is 0 Å². The normalized spacial score (nSPS) is 21.8. The molecule has 4 heterocycles. The fourth-order valence-electron chi connectivity index (χ4n) is 4.41. The summed E-state index contributed by atoms with van der Waals surface area (Å²) in [5.74, 6) is 1.40. The Kier molecular flexibility index (Phi) is 5.92. The van der Waals surface area contributed by atoms with E-state index in [1.807, 2.05) is 4.90 Å². The molecule has 2 aromatic rings. The average Bonchev–Trinajstić information content (AvgIpc) is 3.21. The molecule has 0 saturated carbocycles. The van der Waals surface area contributed by atoms with Crippen molar-refractivity contribution in [3.05, 3.63) is 50.3 Å². The number of thiophene rings is 1. The second-order valence-corrected chi connectivity index (χ2v) is 8.82. The lowest BCUT2D eigenvalue weighted by atomic mass is 9.93. The second kappa shape index (κ2) is 8.57. The number of H-pyrrole nitrogens is 1. The van der Waals surface area contributed by atoms with Crippen LogP contribution in [0.5, 0.6) is 0 Å². The average molecular weight is 401 g/mol. The number of likely N-dealkylation sites (tertiary alicyclic amines) is 2. The summed E-state index contributed by atoms with van der Waals surface area (Å²) in [6.45, 7) is 6.15. The zero-order valence-corrected chi connectivity index (χ0v) is 17.2. The van der Waals surface area contributed by atoms with Gasteiger partial charge in [0, 0.05) is 44.5 Å². The third-order valence-electron chi connectivity index (χ3n) is 6.03. The molecule has 0 radical (unpaired) electrons. The zero-order chi connectivity index (χ0) is 19.5. The van der Waals surface area contributed by atoms with Crippen LogP contribution in [-0.2, 0) is 11.3 Å². The summed E-state index contributed by atoms with van der Waals surface area (Å²) in [6, 6.07) is 3.82. The Morgan fingerprint density at radius 2 is 2.07 bits per heavy atom. The Balaban J connectivity index is 1.43. The van der Waals surface area contributed by atoms with Gasteiger partial charge >= 0.3 is 0 Å². The van der Waals surface area contributed by atoms with Gasteiger partial charge in [0.25, 0.3) is 5.56 Å². The van der Waals surface area contributed by atoms with Crippen LogP contribution in [0.25, 0.3) is 0 Å². The number of rotatable bonds is 4. The van der Waals surface area contributed by atoms with E-state index in [0.29, 0.717) is 12.5 Å². The Morgan fingerprint density at radius 1 is 1.25 bits per heavy atom. The summed E-state index contributed by atoms with van der Waals surface area (Å²) in [5.41, 5.74) is 2.16. The van der Waals surface area contributed by atoms with Gasteiger partial charge in [0.2, 0.25) is 5.91 Å². The predicted octanol–water partition coefficient (Wildman–Crippen LogP) is 2.94. The van der Waals surface area contributed by atoms with Crippen molar-refractivity contribution in [2.24, 2.45) is 0 Å². The van der Waals surface area contributed by atoms with Crippen molar-refractivity contribution < 1.29 is 4.79 Å². The highest BCUT2D eigenvalue weighted by atomic mass is 32.1. The molecule has 2 aliphatic heterocycles. The number of nitrogens with one attached hydrogen (secondary N) is 1. The largest absolute Gasteiger partial charge is 0.342 e. The number of carbonyl (C=O) groups is 1. The van der Waals surface area contributed by atoms with Crippen molar-refractivity contribution in [2.75, 3.05) is 26.2 Å². The molecule has 28 heavy (non-hydrogen) atoms. The molecule has 2 fully saturated rings. The molecular formula is C21H28N4O2S. The van der Waals surface area contributed by atoms with E-state index in [1.165, 1.54) is 5.56 Å². The highest BCUT2D eigenvalue weighted by Crippen LogP contribution is 2.29. The van der Waals surface area contributed by atoms with E-state index in [-0.39, 0.29) is 17.4 Å². The number of carbonyl (C=O) groups excluding carboxylic acids is 1. The van der Waals surface area contributed by atoms with Crippen LogP contribution in [0.1, 0.15) is 61.5 Å². The number of piperidine rings is 2. The van der Waals surface area contributed by atoms with Crippen LogP contribution in [0.4, 0.5) is 0 Å². The fourth-order valence-corrected chi connectivity index (χ4v) is 5.07. The van der Waals surface area contributed by atoms with Gasteiger partial charge in [-0.25, -0.2) is 4.98 Å². The third kappa shape index (κ3) is 4.52. The molecule has 6 nitrogen and oxygen atoms in total. The first-order valence-electron chi connectivity index (χ1n) is 10.2. The minimum absolute atomic E-state index is 0.0688. The molecule has 1 atom stereocenters. The Labute approximate surface area is 169 Å². The topological polar surface area (TPSA) is 69.3 Å². The highest BCUT2D eigenvalue weighted by Gasteiger charge is 2.27. The lowest BCUT2D eigenvalue weighted by Crippen LogP contribution is -2.38. The van der Waals surface area contributed by atoms with Gasteiger partial charge in [-0.2, -0.15) is 11.3 Å². The Bertz CT molecular complexity index is 856. The number of aromatic amines is 1. The standard InChI is InChI=1S/C21H28N4O2S/c1-15(26)25-7-2-3-18(13-25)19-11-20(27)23-21(22-19)17-4-8-24(9-5-17)12-16-6-10-28-14-16/h6,10-11,14,17-18H,2-5,7-9,12-13H2,1H3,(H,22,23,27). The van der Waals surface area contributed by atoms with E-state index in [0.717, 1.165) is 63.4 Å². The molecule has 150 valence electrons. The first kappa shape index (κ1) is 19.3. The van der Waals surface area contributed by atoms with E-state index in [1.54, 1.807) is 24.3 Å². The molecule has 7 heteroatoms. The van der Waals surface area contributed by atoms with Crippen molar-refractivity contribution in [3.8, 4) is 0 Å². The molecule has 1 unspecified atom stereocenters. The summed E-state index contributed by atoms with van der Waals surface area (Å²) < 4.78 is 0. The molecule has 0 bridgehead atoms. The number of amides is 1. The van der Waals surface area contributed by atoms with Crippen LogP contribution >= 0.6 is 11.3 Å². The maximum Gasteiger partial charge on any atom is 0.251 e. The maximum absolute atomic E-state index is 12.3. The van der Waals surface area contributed by atoms with Crippen molar-refractivity contribution >= 4 is 17.2 Å². The van der Waals surface area contributed by atoms with Gasteiger partial charge in [0.1, 0.15) is 5.82 Å². The molecule has 2 aromatic heterocycles. The monoisotopic (exact) mass is 400 g/mol. The fraction of sp³-hybridized carbons (Fsp3) is 0.571. The van der Waals surface area contributed by atoms with Gasteiger partial charge in [0.05, 0.1) is 5.69 Å². The van der Waals surface area contributed by atoms with E-state index in [4.69, 9.17) is 4.98 Å². The molecule has 0 spiro atoms. The van der Waals surface area contributed by atoms with E-state index in [9.17, 15) is 9.59 Å². The molecule has 0 aromatic carbocycles. The Morgan fingerprint density at radius 3 is 2.79 bits per heavy atom. The van der Waals surface area contributed by atoms with Crippen LogP contribution in [0, 0.1) is 0 Å². The molecular weight excluding hydrogens is 372 g/mol. The lowest BCUT2D eigenvalue weighted by Gasteiger charge is -2.33. The Hall–Kier alpha value is -1.99. The van der Waals surface area contributed by atoms with Crippen LogP contribution in [-0.4, -0.2) is 51.9 Å². The van der Waals surface area contributed by atoms with Gasteiger partial charge in [0.15, 0.2) is 0 Å². The van der Waals surface area contributed by atoms with Crippen molar-refractivity contribution in [1.82, 2.24) is 19.8 Å². The summed E-state index contributed by atoms with van der Waals surface area (Å²) >= 11 is 1.74. The second-order valence-electron chi connectivity index (χ2n) is 8.04. The summed E-state index contributed by atoms with van der Waals surface area (Å²) in [4.78, 5) is 36.2. The highest BCUT2D eigenvalue weighted by molar-refractivity contribution is 7.07. The zero-order valence-electron chi connectivity index (χ0n) is 16.4. The molecule has 1 amide bonds. The van der Waals surface area contributed by atoms with Gasteiger partial charge in [-0.05, 0) is 61.2 Å². The van der Waals surface area contributed by atoms with Gasteiger partial charge in [-0.3, -0.25) is 14.5 Å². The van der Waals surface area contributed by atoms with E-state index < -0.39 is 0 Å². The van der Waals surface area contributed by atoms with Crippen LogP contribution in [0.2, 0.25) is 0 Å². The number of nitrogens with zero attached hydrogens (tertiary/aromatic N) is 3. The quantitative estimate of drug-likeness (QED) is 0.857.